The molecule has 1 aliphatic heterocycles. The van der Waals surface area contributed by atoms with Crippen molar-refractivity contribution in [1.82, 2.24) is 14.5 Å². The van der Waals surface area contributed by atoms with Gasteiger partial charge in [0.2, 0.25) is 5.91 Å². The van der Waals surface area contributed by atoms with E-state index in [0.717, 1.165) is 43.4 Å². The topological polar surface area (TPSA) is 38.1 Å². The average Bonchev–Trinajstić information content (AvgIpc) is 3.12. The Morgan fingerprint density at radius 1 is 1.15 bits per heavy atom. The highest BCUT2D eigenvalue weighted by Gasteiger charge is 2.29. The highest BCUT2D eigenvalue weighted by molar-refractivity contribution is 5.83. The lowest BCUT2D eigenvalue weighted by Gasteiger charge is -2.35. The second kappa shape index (κ2) is 7.55. The van der Waals surface area contributed by atoms with Crippen LogP contribution in [0.5, 0.6) is 0 Å². The third-order valence-corrected chi connectivity index (χ3v) is 5.81. The molecule has 4 nitrogen and oxygen atoms in total. The third-order valence-electron chi connectivity index (χ3n) is 5.81. The molecule has 1 fully saturated rings. The Morgan fingerprint density at radius 2 is 1.89 bits per heavy atom. The van der Waals surface area contributed by atoms with Gasteiger partial charge in [-0.1, -0.05) is 43.3 Å². The monoisotopic (exact) mass is 361 g/mol. The Labute approximate surface area is 160 Å². The fraction of sp³-hybridized carbons (Fsp3) is 0.391. The van der Waals surface area contributed by atoms with E-state index < -0.39 is 0 Å². The number of piperidine rings is 1. The van der Waals surface area contributed by atoms with Gasteiger partial charge >= 0.3 is 0 Å². The summed E-state index contributed by atoms with van der Waals surface area (Å²) in [5, 5.41) is 0. The Bertz CT molecular complexity index is 923. The number of carbonyl (C=O) groups excluding carboxylic acids is 1. The molecule has 0 aliphatic carbocycles. The van der Waals surface area contributed by atoms with Crippen LogP contribution < -0.4 is 0 Å². The quantitative estimate of drug-likeness (QED) is 0.675. The molecule has 0 saturated carbocycles. The van der Waals surface area contributed by atoms with Crippen LogP contribution in [0.2, 0.25) is 0 Å². The molecule has 1 amide bonds. The molecule has 2 aromatic carbocycles. The Kier molecular flexibility index (Phi) is 4.97. The van der Waals surface area contributed by atoms with Crippen LogP contribution in [0.1, 0.15) is 49.3 Å². The van der Waals surface area contributed by atoms with Gasteiger partial charge in [-0.3, -0.25) is 4.79 Å². The highest BCUT2D eigenvalue weighted by Crippen LogP contribution is 2.29. The molecule has 2 heterocycles. The summed E-state index contributed by atoms with van der Waals surface area (Å²) in [5.74, 6) is 0.243. The zero-order valence-corrected chi connectivity index (χ0v) is 16.1. The lowest BCUT2D eigenvalue weighted by molar-refractivity contribution is -0.134. The largest absolute Gasteiger partial charge is 0.342 e. The third kappa shape index (κ3) is 3.48. The minimum Gasteiger partial charge on any atom is -0.342 e. The molecule has 0 radical (unpaired) electrons. The second-order valence-corrected chi connectivity index (χ2v) is 7.57. The molecule has 140 valence electrons. The number of carbonyl (C=O) groups is 1. The SMILES string of the molecule is CCC(C(=O)N1CCC(n2cnc3ccc(C)cc32)CC1)c1ccccc1. The first-order valence-electron chi connectivity index (χ1n) is 9.94. The van der Waals surface area contributed by atoms with Gasteiger partial charge in [-0.25, -0.2) is 4.98 Å². The molecule has 0 bridgehead atoms. The number of aromatic nitrogens is 2. The van der Waals surface area contributed by atoms with Crippen LogP contribution in [0, 0.1) is 6.92 Å². The van der Waals surface area contributed by atoms with Crippen LogP contribution in [0.15, 0.2) is 54.9 Å². The molecular formula is C23H27N3O. The van der Waals surface area contributed by atoms with Crippen molar-refractivity contribution < 1.29 is 4.79 Å². The molecule has 3 aromatic rings. The smallest absolute Gasteiger partial charge is 0.230 e. The minimum absolute atomic E-state index is 0.0283. The number of hydrogen-bond donors (Lipinski definition) is 0. The van der Waals surface area contributed by atoms with Gasteiger partial charge in [0, 0.05) is 19.1 Å². The van der Waals surface area contributed by atoms with Crippen molar-refractivity contribution in [2.45, 2.75) is 45.1 Å². The summed E-state index contributed by atoms with van der Waals surface area (Å²) in [5.41, 5.74) is 4.64. The number of fused-ring (bicyclic) bond motifs is 1. The summed E-state index contributed by atoms with van der Waals surface area (Å²) < 4.78 is 2.30. The van der Waals surface area contributed by atoms with Crippen molar-refractivity contribution >= 4 is 16.9 Å². The van der Waals surface area contributed by atoms with Gasteiger partial charge < -0.3 is 9.47 Å². The van der Waals surface area contributed by atoms with Gasteiger partial charge in [0.1, 0.15) is 0 Å². The fourth-order valence-corrected chi connectivity index (χ4v) is 4.25. The zero-order chi connectivity index (χ0) is 18.8. The second-order valence-electron chi connectivity index (χ2n) is 7.57. The van der Waals surface area contributed by atoms with Gasteiger partial charge in [-0.2, -0.15) is 0 Å². The number of rotatable bonds is 4. The van der Waals surface area contributed by atoms with Crippen LogP contribution >= 0.6 is 0 Å². The summed E-state index contributed by atoms with van der Waals surface area (Å²) in [7, 11) is 0. The number of imidazole rings is 1. The van der Waals surface area contributed by atoms with Crippen molar-refractivity contribution in [3.05, 3.63) is 66.0 Å². The van der Waals surface area contributed by atoms with Crippen LogP contribution in [-0.4, -0.2) is 33.4 Å². The maximum atomic E-state index is 13.1. The number of nitrogens with zero attached hydrogens (tertiary/aromatic N) is 3. The summed E-state index contributed by atoms with van der Waals surface area (Å²) in [4.78, 5) is 19.7. The zero-order valence-electron chi connectivity index (χ0n) is 16.1. The van der Waals surface area contributed by atoms with E-state index in [-0.39, 0.29) is 11.8 Å². The Hall–Kier alpha value is -2.62. The Morgan fingerprint density at radius 3 is 2.59 bits per heavy atom. The maximum absolute atomic E-state index is 13.1. The number of benzene rings is 2. The molecular weight excluding hydrogens is 334 g/mol. The van der Waals surface area contributed by atoms with E-state index in [1.807, 2.05) is 24.5 Å². The van der Waals surface area contributed by atoms with Gasteiger partial charge in [-0.05, 0) is 49.4 Å². The normalized spacial score (nSPS) is 16.6. The highest BCUT2D eigenvalue weighted by atomic mass is 16.2. The lowest BCUT2D eigenvalue weighted by atomic mass is 9.93. The van der Waals surface area contributed by atoms with Crippen LogP contribution in [0.3, 0.4) is 0 Å². The maximum Gasteiger partial charge on any atom is 0.230 e. The molecule has 0 N–H and O–H groups in total. The summed E-state index contributed by atoms with van der Waals surface area (Å²) in [6, 6.07) is 17.0. The van der Waals surface area contributed by atoms with Gasteiger partial charge in [-0.15, -0.1) is 0 Å². The number of amides is 1. The molecule has 1 aromatic heterocycles. The number of aryl methyl sites for hydroxylation is 1. The first-order chi connectivity index (χ1) is 13.2. The van der Waals surface area contributed by atoms with E-state index in [1.54, 1.807) is 0 Å². The van der Waals surface area contributed by atoms with Crippen LogP contribution in [0.4, 0.5) is 0 Å². The molecule has 27 heavy (non-hydrogen) atoms. The predicted octanol–water partition coefficient (Wildman–Crippen LogP) is 4.70. The summed E-state index contributed by atoms with van der Waals surface area (Å²) in [6.07, 6.45) is 4.77. The first-order valence-corrected chi connectivity index (χ1v) is 9.94. The molecule has 4 rings (SSSR count). The molecule has 1 aliphatic rings. The van der Waals surface area contributed by atoms with Crippen molar-refractivity contribution in [2.24, 2.45) is 0 Å². The molecule has 1 unspecified atom stereocenters. The molecule has 0 spiro atoms. The predicted molar refractivity (Wildman–Crippen MR) is 109 cm³/mol. The van der Waals surface area contributed by atoms with Crippen molar-refractivity contribution in [3.8, 4) is 0 Å². The van der Waals surface area contributed by atoms with E-state index in [4.69, 9.17) is 0 Å². The van der Waals surface area contributed by atoms with Crippen LogP contribution in [0.25, 0.3) is 11.0 Å². The fourth-order valence-electron chi connectivity index (χ4n) is 4.25. The average molecular weight is 361 g/mol. The van der Waals surface area contributed by atoms with Gasteiger partial charge in [0.15, 0.2) is 0 Å². The van der Waals surface area contributed by atoms with E-state index in [1.165, 1.54) is 11.1 Å². The minimum atomic E-state index is -0.0283. The lowest BCUT2D eigenvalue weighted by Crippen LogP contribution is -2.41. The van der Waals surface area contributed by atoms with E-state index in [2.05, 4.69) is 58.6 Å². The number of hydrogen-bond acceptors (Lipinski definition) is 2. The summed E-state index contributed by atoms with van der Waals surface area (Å²) >= 11 is 0. The van der Waals surface area contributed by atoms with Gasteiger partial charge in [0.25, 0.3) is 0 Å². The van der Waals surface area contributed by atoms with E-state index in [0.29, 0.717) is 6.04 Å². The van der Waals surface area contributed by atoms with Crippen molar-refractivity contribution in [1.29, 1.82) is 0 Å². The molecule has 1 saturated heterocycles. The van der Waals surface area contributed by atoms with Crippen molar-refractivity contribution in [3.63, 3.8) is 0 Å². The van der Waals surface area contributed by atoms with Gasteiger partial charge in [0.05, 0.1) is 23.3 Å². The molecule has 1 atom stereocenters. The van der Waals surface area contributed by atoms with E-state index >= 15 is 0 Å². The van der Waals surface area contributed by atoms with Crippen molar-refractivity contribution in [2.75, 3.05) is 13.1 Å². The number of likely N-dealkylation sites (tertiary alicyclic amines) is 1. The van der Waals surface area contributed by atoms with E-state index in [9.17, 15) is 4.79 Å². The summed E-state index contributed by atoms with van der Waals surface area (Å²) in [6.45, 7) is 5.85. The Balaban J connectivity index is 1.46. The molecule has 4 heteroatoms. The standard InChI is InChI=1S/C23H27N3O/c1-3-20(18-7-5-4-6-8-18)23(27)25-13-11-19(12-14-25)26-16-24-21-10-9-17(2)15-22(21)26/h4-10,15-16,19-20H,3,11-14H2,1-2H3. The first kappa shape index (κ1) is 17.8. The van der Waals surface area contributed by atoms with Crippen LogP contribution in [-0.2, 0) is 4.79 Å².